The van der Waals surface area contributed by atoms with E-state index in [1.807, 2.05) is 32.0 Å². The molecule has 9 nitrogen and oxygen atoms in total. The second-order valence-electron chi connectivity index (χ2n) is 9.57. The predicted octanol–water partition coefficient (Wildman–Crippen LogP) is 3.46. The molecule has 0 bridgehead atoms. The highest BCUT2D eigenvalue weighted by atomic mass is 16.5. The number of ketones is 1. The van der Waals surface area contributed by atoms with Crippen LogP contribution in [-0.2, 0) is 23.9 Å². The van der Waals surface area contributed by atoms with Gasteiger partial charge >= 0.3 is 5.97 Å². The van der Waals surface area contributed by atoms with Gasteiger partial charge in [0.15, 0.2) is 5.78 Å². The predicted molar refractivity (Wildman–Crippen MR) is 141 cm³/mol. The van der Waals surface area contributed by atoms with Gasteiger partial charge < -0.3 is 20.5 Å². The first-order valence-electron chi connectivity index (χ1n) is 12.3. The normalized spacial score (nSPS) is 20.6. The Morgan fingerprint density at radius 1 is 1.00 bits per heavy atom. The van der Waals surface area contributed by atoms with Crippen LogP contribution in [0, 0.1) is 38.5 Å². The summed E-state index contributed by atoms with van der Waals surface area (Å²) in [5.41, 5.74) is 4.69. The van der Waals surface area contributed by atoms with Gasteiger partial charge in [-0.25, -0.2) is 0 Å². The molecule has 9 heteroatoms. The van der Waals surface area contributed by atoms with Gasteiger partial charge in [-0.3, -0.25) is 24.0 Å². The number of hydrogen-bond acceptors (Lipinski definition) is 6. The maximum absolute atomic E-state index is 13.3. The van der Waals surface area contributed by atoms with E-state index in [4.69, 9.17) is 4.74 Å². The van der Waals surface area contributed by atoms with Gasteiger partial charge in [0, 0.05) is 30.6 Å². The number of anilines is 1. The number of allylic oxidation sites excluding steroid dienone is 1. The number of hydrogen-bond donors (Lipinski definition) is 3. The molecule has 0 aromatic heterocycles. The number of rotatable bonds is 10. The monoisotopic (exact) mass is 520 g/mol. The van der Waals surface area contributed by atoms with Gasteiger partial charge in [0.2, 0.25) is 11.8 Å². The summed E-state index contributed by atoms with van der Waals surface area (Å²) < 4.78 is 5.10. The molecule has 38 heavy (non-hydrogen) atoms. The van der Waals surface area contributed by atoms with Gasteiger partial charge in [-0.1, -0.05) is 24.3 Å². The molecule has 0 heterocycles. The van der Waals surface area contributed by atoms with E-state index in [1.165, 1.54) is 18.7 Å². The average Bonchev–Trinajstić information content (AvgIpc) is 3.22. The number of carbonyl (C=O) groups is 5. The zero-order valence-electron chi connectivity index (χ0n) is 21.8. The smallest absolute Gasteiger partial charge is 0.303 e. The topological polar surface area (TPSA) is 139 Å². The Bertz CT molecular complexity index is 1280. The number of carbonyl (C=O) groups excluding carboxylic acids is 4. The van der Waals surface area contributed by atoms with Crippen LogP contribution in [-0.4, -0.2) is 48.3 Å². The lowest BCUT2D eigenvalue weighted by molar-refractivity contribution is -0.140. The van der Waals surface area contributed by atoms with Crippen molar-refractivity contribution in [1.82, 2.24) is 5.32 Å². The summed E-state index contributed by atoms with van der Waals surface area (Å²) in [5.74, 6) is -5.06. The zero-order valence-corrected chi connectivity index (χ0v) is 21.8. The molecule has 2 aromatic rings. The number of carboxylic acid groups (broad SMARTS) is 1. The number of aliphatic carboxylic acids is 1. The van der Waals surface area contributed by atoms with Crippen LogP contribution in [0.25, 0.3) is 6.08 Å². The van der Waals surface area contributed by atoms with Gasteiger partial charge in [-0.05, 0) is 79.6 Å². The first-order chi connectivity index (χ1) is 18.0. The first-order valence-corrected chi connectivity index (χ1v) is 12.3. The van der Waals surface area contributed by atoms with Crippen LogP contribution < -0.4 is 10.6 Å². The van der Waals surface area contributed by atoms with Crippen molar-refractivity contribution in [2.75, 3.05) is 12.4 Å². The van der Waals surface area contributed by atoms with Gasteiger partial charge in [0.1, 0.15) is 6.10 Å². The molecule has 1 aliphatic carbocycles. The molecule has 0 spiro atoms. The summed E-state index contributed by atoms with van der Waals surface area (Å²) in [6.07, 6.45) is 1.89. The van der Waals surface area contributed by atoms with Gasteiger partial charge in [0.25, 0.3) is 6.47 Å². The summed E-state index contributed by atoms with van der Waals surface area (Å²) in [4.78, 5) is 61.1. The minimum Gasteiger partial charge on any atom is -0.481 e. The van der Waals surface area contributed by atoms with Crippen molar-refractivity contribution < 1.29 is 33.8 Å². The Balaban J connectivity index is 1.79. The summed E-state index contributed by atoms with van der Waals surface area (Å²) in [6.45, 7) is 5.96. The Morgan fingerprint density at radius 2 is 1.74 bits per heavy atom. The lowest BCUT2D eigenvalue weighted by Crippen LogP contribution is -2.38. The summed E-state index contributed by atoms with van der Waals surface area (Å²) >= 11 is 0. The Labute approximate surface area is 221 Å². The number of aryl methyl sites for hydroxylation is 3. The molecule has 3 N–H and O–H groups in total. The number of carboxylic acids is 1. The van der Waals surface area contributed by atoms with Crippen LogP contribution in [0.3, 0.4) is 0 Å². The van der Waals surface area contributed by atoms with E-state index in [1.54, 1.807) is 31.2 Å². The fraction of sp³-hybridized carbons (Fsp3) is 0.345. The minimum atomic E-state index is -1.17. The summed E-state index contributed by atoms with van der Waals surface area (Å²) in [6, 6.07) is 10.8. The highest BCUT2D eigenvalue weighted by Crippen LogP contribution is 2.42. The molecular weight excluding hydrogens is 488 g/mol. The quantitative estimate of drug-likeness (QED) is 0.248. The van der Waals surface area contributed by atoms with E-state index in [9.17, 15) is 29.1 Å². The van der Waals surface area contributed by atoms with Crippen molar-refractivity contribution in [2.24, 2.45) is 17.8 Å². The third kappa shape index (κ3) is 6.53. The summed E-state index contributed by atoms with van der Waals surface area (Å²) in [7, 11) is 1.42. The highest BCUT2D eigenvalue weighted by molar-refractivity contribution is 6.07. The number of benzene rings is 2. The third-order valence-electron chi connectivity index (χ3n) is 7.12. The molecule has 2 aromatic carbocycles. The maximum atomic E-state index is 13.3. The Morgan fingerprint density at radius 3 is 2.34 bits per heavy atom. The minimum absolute atomic E-state index is 0.0354. The van der Waals surface area contributed by atoms with Crippen LogP contribution in [0.2, 0.25) is 0 Å². The fourth-order valence-corrected chi connectivity index (χ4v) is 4.94. The molecule has 0 saturated heterocycles. The van der Waals surface area contributed by atoms with Crippen molar-refractivity contribution in [2.45, 2.75) is 39.7 Å². The molecule has 200 valence electrons. The van der Waals surface area contributed by atoms with Crippen LogP contribution >= 0.6 is 0 Å². The SMILES string of the molecule is CNC(=O)C1CC(OC=O)C(C(=O)Nc2ccc(C(=O)/C=C/c3ccc(C)c(C)c3)cc2C)C1CC(=O)O. The Hall–Kier alpha value is -4.27. The lowest BCUT2D eigenvalue weighted by Gasteiger charge is -2.24. The second kappa shape index (κ2) is 12.3. The first kappa shape index (κ1) is 28.3. The number of nitrogens with one attached hydrogen (secondary N) is 2. The zero-order chi connectivity index (χ0) is 28.0. The molecule has 4 unspecified atom stereocenters. The fourth-order valence-electron chi connectivity index (χ4n) is 4.94. The third-order valence-corrected chi connectivity index (χ3v) is 7.12. The van der Waals surface area contributed by atoms with Crippen molar-refractivity contribution >= 4 is 41.8 Å². The van der Waals surface area contributed by atoms with Crippen molar-refractivity contribution in [3.8, 4) is 0 Å². The lowest BCUT2D eigenvalue weighted by atomic mass is 9.85. The second-order valence-corrected chi connectivity index (χ2v) is 9.57. The molecule has 2 amide bonds. The van der Waals surface area contributed by atoms with Crippen molar-refractivity contribution in [3.05, 3.63) is 70.3 Å². The number of amides is 2. The molecule has 1 saturated carbocycles. The molecule has 0 aliphatic heterocycles. The Kier molecular flexibility index (Phi) is 9.17. The van der Waals surface area contributed by atoms with E-state index >= 15 is 0 Å². The van der Waals surface area contributed by atoms with E-state index in [0.29, 0.717) is 16.8 Å². The van der Waals surface area contributed by atoms with Crippen LogP contribution in [0.4, 0.5) is 5.69 Å². The van der Waals surface area contributed by atoms with Gasteiger partial charge in [-0.2, -0.15) is 0 Å². The van der Waals surface area contributed by atoms with Crippen LogP contribution in [0.1, 0.15) is 45.5 Å². The molecule has 0 radical (unpaired) electrons. The van der Waals surface area contributed by atoms with Crippen LogP contribution in [0.5, 0.6) is 0 Å². The molecule has 1 fully saturated rings. The molecule has 3 rings (SSSR count). The summed E-state index contributed by atoms with van der Waals surface area (Å²) in [5, 5.41) is 14.7. The van der Waals surface area contributed by atoms with Gasteiger partial charge in [-0.15, -0.1) is 0 Å². The van der Waals surface area contributed by atoms with Gasteiger partial charge in [0.05, 0.1) is 5.92 Å². The largest absolute Gasteiger partial charge is 0.481 e. The van der Waals surface area contributed by atoms with Crippen molar-refractivity contribution in [1.29, 1.82) is 0 Å². The van der Waals surface area contributed by atoms with E-state index in [2.05, 4.69) is 10.6 Å². The van der Waals surface area contributed by atoms with Crippen molar-refractivity contribution in [3.63, 3.8) is 0 Å². The average molecular weight is 521 g/mol. The maximum Gasteiger partial charge on any atom is 0.303 e. The van der Waals surface area contributed by atoms with E-state index < -0.39 is 48.1 Å². The van der Waals surface area contributed by atoms with Crippen LogP contribution in [0.15, 0.2) is 42.5 Å². The number of ether oxygens (including phenoxy) is 1. The molecular formula is C29H32N2O7. The van der Waals surface area contributed by atoms with E-state index in [-0.39, 0.29) is 18.7 Å². The standard InChI is InChI=1S/C29H32N2O7/c1-16-5-6-19(11-17(16)2)7-10-24(33)20-8-9-23(18(3)12-20)31-29(37)27-21(14-26(34)35)22(28(36)30-4)13-25(27)38-15-32/h5-12,15,21-22,25,27H,13-14H2,1-4H3,(H,30,36)(H,31,37)(H,34,35)/b10-7+. The molecule has 1 aliphatic rings. The molecule has 4 atom stereocenters. The highest BCUT2D eigenvalue weighted by Gasteiger charge is 2.51. The van der Waals surface area contributed by atoms with E-state index in [0.717, 1.165) is 11.1 Å².